The van der Waals surface area contributed by atoms with Gasteiger partial charge in [-0.3, -0.25) is 4.79 Å². The van der Waals surface area contributed by atoms with Crippen molar-refractivity contribution in [1.82, 2.24) is 15.1 Å². The monoisotopic (exact) mass is 367 g/mol. The number of furan rings is 1. The average molecular weight is 367 g/mol. The molecule has 7 nitrogen and oxygen atoms in total. The Morgan fingerprint density at radius 1 is 1.19 bits per heavy atom. The van der Waals surface area contributed by atoms with E-state index in [1.807, 2.05) is 36.1 Å². The highest BCUT2D eigenvalue weighted by Crippen LogP contribution is 2.29. The van der Waals surface area contributed by atoms with Crippen molar-refractivity contribution in [2.24, 2.45) is 0 Å². The molecule has 0 radical (unpaired) electrons. The van der Waals surface area contributed by atoms with Gasteiger partial charge in [0.15, 0.2) is 6.61 Å². The third kappa shape index (κ3) is 4.02. The quantitative estimate of drug-likeness (QED) is 0.687. The van der Waals surface area contributed by atoms with Crippen molar-refractivity contribution in [2.75, 3.05) is 19.7 Å². The minimum absolute atomic E-state index is 0.00126. The molecular formula is C20H21N3O4. The lowest BCUT2D eigenvalue weighted by Crippen LogP contribution is -2.40. The van der Waals surface area contributed by atoms with Crippen molar-refractivity contribution < 1.29 is 18.4 Å². The van der Waals surface area contributed by atoms with E-state index in [0.717, 1.165) is 24.0 Å². The van der Waals surface area contributed by atoms with Crippen molar-refractivity contribution in [1.29, 1.82) is 0 Å². The van der Waals surface area contributed by atoms with Gasteiger partial charge in [0.2, 0.25) is 5.89 Å². The second kappa shape index (κ2) is 7.65. The first-order valence-electron chi connectivity index (χ1n) is 9.02. The van der Waals surface area contributed by atoms with E-state index in [1.165, 1.54) is 0 Å². The van der Waals surface area contributed by atoms with E-state index in [9.17, 15) is 4.79 Å². The van der Waals surface area contributed by atoms with Crippen LogP contribution in [-0.2, 0) is 4.79 Å². The van der Waals surface area contributed by atoms with Crippen LogP contribution in [0.2, 0.25) is 0 Å². The number of ether oxygens (including phenoxy) is 1. The topological polar surface area (TPSA) is 81.6 Å². The molecule has 3 heterocycles. The molecule has 7 heteroatoms. The van der Waals surface area contributed by atoms with Crippen LogP contribution >= 0.6 is 0 Å². The molecule has 0 bridgehead atoms. The summed E-state index contributed by atoms with van der Waals surface area (Å²) in [5, 5.41) is 8.24. The number of aryl methyl sites for hydroxylation is 1. The lowest BCUT2D eigenvalue weighted by Gasteiger charge is -2.30. The van der Waals surface area contributed by atoms with Crippen LogP contribution in [0.1, 0.15) is 30.2 Å². The van der Waals surface area contributed by atoms with Crippen molar-refractivity contribution in [3.63, 3.8) is 0 Å². The Morgan fingerprint density at radius 3 is 2.67 bits per heavy atom. The SMILES string of the molecule is Cc1ccc(OCC(=O)N2CCC(c3nnc(-c4ccoc4)o3)CC2)cc1. The van der Waals surface area contributed by atoms with Crippen molar-refractivity contribution >= 4 is 5.91 Å². The maximum absolute atomic E-state index is 12.4. The maximum Gasteiger partial charge on any atom is 0.260 e. The highest BCUT2D eigenvalue weighted by atomic mass is 16.5. The Hall–Kier alpha value is -3.09. The summed E-state index contributed by atoms with van der Waals surface area (Å²) in [6.45, 7) is 3.38. The Morgan fingerprint density at radius 2 is 1.96 bits per heavy atom. The third-order valence-corrected chi connectivity index (χ3v) is 4.79. The minimum Gasteiger partial charge on any atom is -0.484 e. The summed E-state index contributed by atoms with van der Waals surface area (Å²) in [7, 11) is 0. The zero-order chi connectivity index (χ0) is 18.6. The summed E-state index contributed by atoms with van der Waals surface area (Å²) in [4.78, 5) is 14.2. The second-order valence-corrected chi connectivity index (χ2v) is 6.71. The lowest BCUT2D eigenvalue weighted by molar-refractivity contribution is -0.134. The summed E-state index contributed by atoms with van der Waals surface area (Å²) in [6.07, 6.45) is 4.74. The van der Waals surface area contributed by atoms with Gasteiger partial charge >= 0.3 is 0 Å². The van der Waals surface area contributed by atoms with E-state index in [2.05, 4.69) is 10.2 Å². The second-order valence-electron chi connectivity index (χ2n) is 6.71. The van der Waals surface area contributed by atoms with Crippen LogP contribution in [0.15, 0.2) is 51.7 Å². The number of benzene rings is 1. The fourth-order valence-electron chi connectivity index (χ4n) is 3.15. The molecule has 1 fully saturated rings. The number of carbonyl (C=O) groups is 1. The fourth-order valence-corrected chi connectivity index (χ4v) is 3.15. The largest absolute Gasteiger partial charge is 0.484 e. The molecule has 1 aromatic carbocycles. The first-order chi connectivity index (χ1) is 13.2. The maximum atomic E-state index is 12.4. The highest BCUT2D eigenvalue weighted by Gasteiger charge is 2.27. The first-order valence-corrected chi connectivity index (χ1v) is 9.02. The van der Waals surface area contributed by atoms with E-state index in [-0.39, 0.29) is 18.4 Å². The van der Waals surface area contributed by atoms with Crippen LogP contribution in [0, 0.1) is 6.92 Å². The van der Waals surface area contributed by atoms with Gasteiger partial charge in [-0.1, -0.05) is 17.7 Å². The lowest BCUT2D eigenvalue weighted by atomic mass is 9.97. The summed E-state index contributed by atoms with van der Waals surface area (Å²) in [6, 6.07) is 9.47. The smallest absolute Gasteiger partial charge is 0.260 e. The number of likely N-dealkylation sites (tertiary alicyclic amines) is 1. The molecule has 0 aliphatic carbocycles. The van der Waals surface area contributed by atoms with Gasteiger partial charge in [-0.25, -0.2) is 0 Å². The van der Waals surface area contributed by atoms with E-state index in [4.69, 9.17) is 13.6 Å². The molecule has 27 heavy (non-hydrogen) atoms. The van der Waals surface area contributed by atoms with Crippen LogP contribution in [0.3, 0.4) is 0 Å². The number of nitrogens with zero attached hydrogens (tertiary/aromatic N) is 3. The summed E-state index contributed by atoms with van der Waals surface area (Å²) < 4.78 is 16.4. The molecule has 0 N–H and O–H groups in total. The van der Waals surface area contributed by atoms with Crippen LogP contribution in [0.25, 0.3) is 11.5 Å². The van der Waals surface area contributed by atoms with Gasteiger partial charge in [0.1, 0.15) is 12.0 Å². The Bertz CT molecular complexity index is 878. The van der Waals surface area contributed by atoms with Crippen molar-refractivity contribution in [2.45, 2.75) is 25.7 Å². The number of piperidine rings is 1. The molecule has 0 saturated carbocycles. The van der Waals surface area contributed by atoms with E-state index in [0.29, 0.717) is 30.6 Å². The molecule has 0 spiro atoms. The summed E-state index contributed by atoms with van der Waals surface area (Å²) >= 11 is 0. The third-order valence-electron chi connectivity index (χ3n) is 4.79. The van der Waals surface area contributed by atoms with Crippen molar-refractivity contribution in [3.8, 4) is 17.2 Å². The van der Waals surface area contributed by atoms with Gasteiger partial charge in [-0.15, -0.1) is 10.2 Å². The molecule has 0 unspecified atom stereocenters. The van der Waals surface area contributed by atoms with Gasteiger partial charge in [0, 0.05) is 19.0 Å². The Balaban J connectivity index is 1.28. The molecule has 0 atom stereocenters. The molecular weight excluding hydrogens is 346 g/mol. The van der Waals surface area contributed by atoms with Gasteiger partial charge in [-0.05, 0) is 38.0 Å². The normalized spacial score (nSPS) is 15.1. The standard InChI is InChI=1S/C20H21N3O4/c1-14-2-4-17(5-3-14)26-13-18(24)23-9-6-15(7-10-23)19-21-22-20(27-19)16-8-11-25-12-16/h2-5,8,11-12,15H,6-7,9-10,13H2,1H3. The van der Waals surface area contributed by atoms with Gasteiger partial charge in [0.25, 0.3) is 11.8 Å². The molecule has 1 amide bonds. The van der Waals surface area contributed by atoms with Crippen LogP contribution < -0.4 is 4.74 Å². The summed E-state index contributed by atoms with van der Waals surface area (Å²) in [5.74, 6) is 1.96. The Kier molecular flexibility index (Phi) is 4.91. The number of aromatic nitrogens is 2. The van der Waals surface area contributed by atoms with Crippen LogP contribution in [0.4, 0.5) is 0 Å². The zero-order valence-electron chi connectivity index (χ0n) is 15.1. The predicted molar refractivity (Wildman–Crippen MR) is 97.2 cm³/mol. The number of hydrogen-bond acceptors (Lipinski definition) is 6. The van der Waals surface area contributed by atoms with Gasteiger partial charge in [0.05, 0.1) is 11.8 Å². The van der Waals surface area contributed by atoms with Gasteiger partial charge in [-0.2, -0.15) is 0 Å². The van der Waals surface area contributed by atoms with Crippen LogP contribution in [-0.4, -0.2) is 40.7 Å². The molecule has 1 aliphatic rings. The zero-order valence-corrected chi connectivity index (χ0v) is 15.1. The molecule has 1 aliphatic heterocycles. The van der Waals surface area contributed by atoms with E-state index >= 15 is 0 Å². The Labute approximate surface area is 156 Å². The molecule has 1 saturated heterocycles. The van der Waals surface area contributed by atoms with E-state index in [1.54, 1.807) is 18.6 Å². The van der Waals surface area contributed by atoms with Crippen molar-refractivity contribution in [3.05, 3.63) is 54.3 Å². The number of amides is 1. The number of hydrogen-bond donors (Lipinski definition) is 0. The number of rotatable bonds is 5. The van der Waals surface area contributed by atoms with E-state index < -0.39 is 0 Å². The molecule has 4 rings (SSSR count). The fraction of sp³-hybridized carbons (Fsp3) is 0.350. The molecule has 3 aromatic rings. The average Bonchev–Trinajstić information content (AvgIpc) is 3.39. The summed E-state index contributed by atoms with van der Waals surface area (Å²) in [5.41, 5.74) is 1.93. The first kappa shape index (κ1) is 17.3. The van der Waals surface area contributed by atoms with Crippen LogP contribution in [0.5, 0.6) is 5.75 Å². The highest BCUT2D eigenvalue weighted by molar-refractivity contribution is 5.77. The minimum atomic E-state index is -0.00126. The number of carbonyl (C=O) groups excluding carboxylic acids is 1. The van der Waals surface area contributed by atoms with Gasteiger partial charge < -0.3 is 18.5 Å². The predicted octanol–water partition coefficient (Wildman–Crippen LogP) is 3.42. The molecule has 140 valence electrons. The molecule has 2 aromatic heterocycles.